The number of benzene rings is 1. The largest absolute Gasteiger partial charge is 0.426 e. The Morgan fingerprint density at radius 2 is 2.23 bits per heavy atom. The van der Waals surface area contributed by atoms with Crippen molar-refractivity contribution < 1.29 is 9.53 Å². The molecular formula is C10H9NO2. The maximum absolute atomic E-state index is 11.0. The number of carbonyl (C=O) groups excluding carboxylic acids is 1. The van der Waals surface area contributed by atoms with Gasteiger partial charge >= 0.3 is 5.97 Å². The summed E-state index contributed by atoms with van der Waals surface area (Å²) in [5.41, 5.74) is 3.43. The lowest BCUT2D eigenvalue weighted by Gasteiger charge is -2.02. The predicted molar refractivity (Wildman–Crippen MR) is 48.0 cm³/mol. The molecule has 0 amide bonds. The van der Waals surface area contributed by atoms with E-state index in [0.717, 1.165) is 30.0 Å². The predicted octanol–water partition coefficient (Wildman–Crippen LogP) is 1.12. The van der Waals surface area contributed by atoms with Gasteiger partial charge in [-0.25, -0.2) is 0 Å². The van der Waals surface area contributed by atoms with Gasteiger partial charge in [-0.1, -0.05) is 0 Å². The Morgan fingerprint density at radius 3 is 3.15 bits per heavy atom. The fraction of sp³-hybridized carbons (Fsp3) is 0.300. The lowest BCUT2D eigenvalue weighted by molar-refractivity contribution is -0.131. The highest BCUT2D eigenvalue weighted by atomic mass is 16.5. The number of carbonyl (C=O) groups is 1. The number of hydrogen-bond acceptors (Lipinski definition) is 3. The van der Waals surface area contributed by atoms with Gasteiger partial charge in [0.25, 0.3) is 0 Å². The summed E-state index contributed by atoms with van der Waals surface area (Å²) in [5, 5.41) is 3.28. The average molecular weight is 175 g/mol. The highest BCUT2D eigenvalue weighted by Gasteiger charge is 2.23. The molecule has 0 spiro atoms. The first-order valence-corrected chi connectivity index (χ1v) is 4.43. The molecule has 2 heterocycles. The van der Waals surface area contributed by atoms with Crippen LogP contribution in [0.15, 0.2) is 12.1 Å². The molecule has 3 nitrogen and oxygen atoms in total. The number of anilines is 1. The molecule has 0 radical (unpaired) electrons. The summed E-state index contributed by atoms with van der Waals surface area (Å²) < 4.78 is 5.07. The summed E-state index contributed by atoms with van der Waals surface area (Å²) in [6.45, 7) is 0.992. The Labute approximate surface area is 75.7 Å². The fourth-order valence-electron chi connectivity index (χ4n) is 1.92. The highest BCUT2D eigenvalue weighted by Crippen LogP contribution is 2.34. The molecule has 0 saturated heterocycles. The summed E-state index contributed by atoms with van der Waals surface area (Å²) in [5.74, 6) is 0.617. The van der Waals surface area contributed by atoms with E-state index < -0.39 is 0 Å². The summed E-state index contributed by atoms with van der Waals surface area (Å²) in [6, 6.07) is 4.01. The van der Waals surface area contributed by atoms with Crippen LogP contribution in [0.5, 0.6) is 5.75 Å². The molecule has 1 N–H and O–H groups in total. The summed E-state index contributed by atoms with van der Waals surface area (Å²) >= 11 is 0. The topological polar surface area (TPSA) is 38.3 Å². The Morgan fingerprint density at radius 1 is 1.31 bits per heavy atom. The molecule has 0 bridgehead atoms. The van der Waals surface area contributed by atoms with Crippen LogP contribution in [0.4, 0.5) is 5.69 Å². The second-order valence-corrected chi connectivity index (χ2v) is 3.44. The molecule has 0 fully saturated rings. The lowest BCUT2D eigenvalue weighted by Crippen LogP contribution is -2.00. The van der Waals surface area contributed by atoms with Gasteiger partial charge in [0.05, 0.1) is 6.42 Å². The number of esters is 1. The van der Waals surface area contributed by atoms with Gasteiger partial charge < -0.3 is 10.1 Å². The molecule has 66 valence electrons. The van der Waals surface area contributed by atoms with Crippen LogP contribution < -0.4 is 10.1 Å². The van der Waals surface area contributed by atoms with Crippen molar-refractivity contribution in [3.8, 4) is 5.75 Å². The van der Waals surface area contributed by atoms with E-state index in [1.54, 1.807) is 0 Å². The number of nitrogens with one attached hydrogen (secondary N) is 1. The van der Waals surface area contributed by atoms with Crippen LogP contribution in [0.1, 0.15) is 11.1 Å². The molecule has 0 aliphatic carbocycles. The number of ether oxygens (including phenoxy) is 1. The summed E-state index contributed by atoms with van der Waals surface area (Å²) in [4.78, 5) is 11.0. The fourth-order valence-corrected chi connectivity index (χ4v) is 1.92. The second-order valence-electron chi connectivity index (χ2n) is 3.44. The Kier molecular flexibility index (Phi) is 1.20. The molecule has 0 unspecified atom stereocenters. The lowest BCUT2D eigenvalue weighted by atomic mass is 10.1. The van der Waals surface area contributed by atoms with Crippen molar-refractivity contribution in [2.75, 3.05) is 11.9 Å². The quantitative estimate of drug-likeness (QED) is 0.474. The van der Waals surface area contributed by atoms with Gasteiger partial charge in [0, 0.05) is 17.8 Å². The molecule has 0 aromatic heterocycles. The minimum absolute atomic E-state index is 0.140. The van der Waals surface area contributed by atoms with Gasteiger partial charge in [0.1, 0.15) is 5.75 Å². The zero-order valence-corrected chi connectivity index (χ0v) is 7.09. The minimum Gasteiger partial charge on any atom is -0.426 e. The van der Waals surface area contributed by atoms with Crippen molar-refractivity contribution in [2.45, 2.75) is 12.8 Å². The maximum atomic E-state index is 11.0. The first-order chi connectivity index (χ1) is 6.33. The van der Waals surface area contributed by atoms with Gasteiger partial charge in [-0.2, -0.15) is 0 Å². The molecule has 0 atom stereocenters. The second kappa shape index (κ2) is 2.25. The molecule has 2 aliphatic heterocycles. The van der Waals surface area contributed by atoms with Crippen LogP contribution in [0.2, 0.25) is 0 Å². The first-order valence-electron chi connectivity index (χ1n) is 4.43. The van der Waals surface area contributed by atoms with Crippen LogP contribution >= 0.6 is 0 Å². The van der Waals surface area contributed by atoms with Gasteiger partial charge in [-0.3, -0.25) is 4.79 Å². The molecule has 0 saturated carbocycles. The third-order valence-corrected chi connectivity index (χ3v) is 2.55. The van der Waals surface area contributed by atoms with E-state index in [2.05, 4.69) is 5.32 Å². The molecular weight excluding hydrogens is 166 g/mol. The zero-order chi connectivity index (χ0) is 8.84. The van der Waals surface area contributed by atoms with Gasteiger partial charge in [-0.15, -0.1) is 0 Å². The van der Waals surface area contributed by atoms with Crippen molar-refractivity contribution in [1.29, 1.82) is 0 Å². The smallest absolute Gasteiger partial charge is 0.315 e. The van der Waals surface area contributed by atoms with Gasteiger partial charge in [0.15, 0.2) is 0 Å². The third kappa shape index (κ3) is 0.932. The van der Waals surface area contributed by atoms with Crippen LogP contribution in [0.3, 0.4) is 0 Å². The summed E-state index contributed by atoms with van der Waals surface area (Å²) in [7, 11) is 0. The average Bonchev–Trinajstić information content (AvgIpc) is 2.63. The maximum Gasteiger partial charge on any atom is 0.315 e. The van der Waals surface area contributed by atoms with Crippen molar-refractivity contribution in [2.24, 2.45) is 0 Å². The Hall–Kier alpha value is -1.51. The third-order valence-electron chi connectivity index (χ3n) is 2.55. The molecule has 1 aromatic carbocycles. The normalized spacial score (nSPS) is 17.7. The Balaban J connectivity index is 2.15. The van der Waals surface area contributed by atoms with E-state index in [9.17, 15) is 4.79 Å². The number of rotatable bonds is 0. The Bertz CT molecular complexity index is 363. The van der Waals surface area contributed by atoms with E-state index in [4.69, 9.17) is 4.74 Å². The molecule has 1 aromatic rings. The SMILES string of the molecule is O=C1Cc2cc3c(cc2O1)CCN3. The van der Waals surface area contributed by atoms with Crippen molar-refractivity contribution >= 4 is 11.7 Å². The van der Waals surface area contributed by atoms with Crippen LogP contribution in [-0.4, -0.2) is 12.5 Å². The van der Waals surface area contributed by atoms with Gasteiger partial charge in [-0.05, 0) is 24.1 Å². The van der Waals surface area contributed by atoms with E-state index in [0.29, 0.717) is 6.42 Å². The van der Waals surface area contributed by atoms with E-state index in [1.807, 2.05) is 12.1 Å². The monoisotopic (exact) mass is 175 g/mol. The first kappa shape index (κ1) is 6.95. The molecule has 3 heteroatoms. The van der Waals surface area contributed by atoms with Crippen LogP contribution in [0.25, 0.3) is 0 Å². The molecule has 13 heavy (non-hydrogen) atoms. The zero-order valence-electron chi connectivity index (χ0n) is 7.09. The van der Waals surface area contributed by atoms with Crippen LogP contribution in [0, 0.1) is 0 Å². The number of fused-ring (bicyclic) bond motifs is 2. The van der Waals surface area contributed by atoms with Gasteiger partial charge in [0.2, 0.25) is 0 Å². The van der Waals surface area contributed by atoms with Crippen molar-refractivity contribution in [3.05, 3.63) is 23.3 Å². The van der Waals surface area contributed by atoms with Crippen LogP contribution in [-0.2, 0) is 17.6 Å². The van der Waals surface area contributed by atoms with E-state index >= 15 is 0 Å². The minimum atomic E-state index is -0.140. The molecule has 3 rings (SSSR count). The van der Waals surface area contributed by atoms with E-state index in [1.165, 1.54) is 5.56 Å². The van der Waals surface area contributed by atoms with E-state index in [-0.39, 0.29) is 5.97 Å². The standard InChI is InChI=1S/C10H9NO2/c12-10-5-7-3-8-6(1-2-11-8)4-9(7)13-10/h3-4,11H,1-2,5H2. The van der Waals surface area contributed by atoms with Crippen molar-refractivity contribution in [3.63, 3.8) is 0 Å². The summed E-state index contributed by atoms with van der Waals surface area (Å²) in [6.07, 6.45) is 1.45. The number of hydrogen-bond donors (Lipinski definition) is 1. The molecule has 2 aliphatic rings. The highest BCUT2D eigenvalue weighted by molar-refractivity contribution is 5.82. The van der Waals surface area contributed by atoms with Crippen molar-refractivity contribution in [1.82, 2.24) is 0 Å².